The lowest BCUT2D eigenvalue weighted by molar-refractivity contribution is -0.386. The number of ether oxygens (including phenoxy) is 1. The van der Waals surface area contributed by atoms with Gasteiger partial charge in [-0.25, -0.2) is 4.39 Å². The van der Waals surface area contributed by atoms with Crippen LogP contribution >= 0.6 is 22.9 Å². The molecule has 2 rings (SSSR count). The number of hydrogen-bond acceptors (Lipinski definition) is 5. The van der Waals surface area contributed by atoms with Crippen LogP contribution in [0.5, 0.6) is 5.75 Å². The van der Waals surface area contributed by atoms with Gasteiger partial charge in [0.2, 0.25) is 11.5 Å². The normalized spacial score (nSPS) is 12.0. The Kier molecular flexibility index (Phi) is 4.54. The molecule has 0 aliphatic heterocycles. The summed E-state index contributed by atoms with van der Waals surface area (Å²) in [4.78, 5) is 22.6. The Balaban J connectivity index is 2.23. The van der Waals surface area contributed by atoms with Crippen LogP contribution in [0.1, 0.15) is 16.6 Å². The second kappa shape index (κ2) is 6.19. The fourth-order valence-corrected chi connectivity index (χ4v) is 2.69. The molecule has 110 valence electrons. The fourth-order valence-electron chi connectivity index (χ4n) is 1.62. The Morgan fingerprint density at radius 2 is 2.14 bits per heavy atom. The topological polar surface area (TPSA) is 69.4 Å². The Labute approximate surface area is 128 Å². The molecule has 1 aromatic heterocycles. The van der Waals surface area contributed by atoms with Crippen LogP contribution in [-0.4, -0.2) is 16.8 Å². The van der Waals surface area contributed by atoms with Gasteiger partial charge in [-0.2, -0.15) is 0 Å². The molecule has 5 nitrogen and oxygen atoms in total. The van der Waals surface area contributed by atoms with Gasteiger partial charge >= 0.3 is 5.69 Å². The highest BCUT2D eigenvalue weighted by Crippen LogP contribution is 2.30. The van der Waals surface area contributed by atoms with Crippen LogP contribution in [0.25, 0.3) is 0 Å². The standard InChI is InChI=1S/C13H9ClFNO4S/c1-7(13(17)11-4-5-12(14)21-11)20-10-6-8(15)2-3-9(10)16(18)19/h2-7H,1H3. The summed E-state index contributed by atoms with van der Waals surface area (Å²) in [5, 5.41) is 10.9. The van der Waals surface area contributed by atoms with E-state index in [0.29, 0.717) is 9.21 Å². The summed E-state index contributed by atoms with van der Waals surface area (Å²) in [7, 11) is 0. The van der Waals surface area contributed by atoms with Gasteiger partial charge in [0.25, 0.3) is 0 Å². The first-order valence-corrected chi connectivity index (χ1v) is 6.98. The average molecular weight is 330 g/mol. The van der Waals surface area contributed by atoms with Crippen molar-refractivity contribution in [3.63, 3.8) is 0 Å². The van der Waals surface area contributed by atoms with Crippen molar-refractivity contribution in [2.24, 2.45) is 0 Å². The lowest BCUT2D eigenvalue weighted by atomic mass is 10.2. The first kappa shape index (κ1) is 15.4. The number of Topliss-reactive ketones (excluding diaryl/α,β-unsaturated/α-hetero) is 1. The molecule has 21 heavy (non-hydrogen) atoms. The average Bonchev–Trinajstić information content (AvgIpc) is 2.84. The number of hydrogen-bond donors (Lipinski definition) is 0. The van der Waals surface area contributed by atoms with Crippen molar-refractivity contribution in [3.05, 3.63) is 55.5 Å². The van der Waals surface area contributed by atoms with E-state index in [9.17, 15) is 19.3 Å². The van der Waals surface area contributed by atoms with Crippen LogP contribution in [0.15, 0.2) is 30.3 Å². The lowest BCUT2D eigenvalue weighted by Gasteiger charge is -2.12. The predicted molar refractivity (Wildman–Crippen MR) is 76.8 cm³/mol. The van der Waals surface area contributed by atoms with E-state index in [1.165, 1.54) is 13.0 Å². The molecule has 0 aliphatic carbocycles. The van der Waals surface area contributed by atoms with Crippen LogP contribution in [-0.2, 0) is 0 Å². The van der Waals surface area contributed by atoms with Gasteiger partial charge < -0.3 is 4.74 Å². The number of ketones is 1. The van der Waals surface area contributed by atoms with Crippen molar-refractivity contribution in [2.45, 2.75) is 13.0 Å². The van der Waals surface area contributed by atoms with E-state index in [1.807, 2.05) is 0 Å². The van der Waals surface area contributed by atoms with Gasteiger partial charge in [0, 0.05) is 12.1 Å². The van der Waals surface area contributed by atoms with E-state index in [2.05, 4.69) is 0 Å². The smallest absolute Gasteiger partial charge is 0.311 e. The third-order valence-corrected chi connectivity index (χ3v) is 3.85. The largest absolute Gasteiger partial charge is 0.475 e. The maximum Gasteiger partial charge on any atom is 0.311 e. The molecule has 2 aromatic rings. The van der Waals surface area contributed by atoms with Crippen molar-refractivity contribution in [3.8, 4) is 5.75 Å². The summed E-state index contributed by atoms with van der Waals surface area (Å²) < 4.78 is 18.9. The molecular formula is C13H9ClFNO4S. The third kappa shape index (κ3) is 3.56. The number of nitrogens with zero attached hydrogens (tertiary/aromatic N) is 1. The van der Waals surface area contributed by atoms with Gasteiger partial charge in [0.1, 0.15) is 5.82 Å². The minimum atomic E-state index is -1.000. The van der Waals surface area contributed by atoms with Crippen LogP contribution in [0.2, 0.25) is 4.34 Å². The molecule has 1 heterocycles. The first-order chi connectivity index (χ1) is 9.88. The van der Waals surface area contributed by atoms with E-state index in [4.69, 9.17) is 16.3 Å². The molecule has 0 N–H and O–H groups in total. The van der Waals surface area contributed by atoms with Crippen LogP contribution in [0, 0.1) is 15.9 Å². The number of rotatable bonds is 5. The predicted octanol–water partition coefficient (Wildman–Crippen LogP) is 4.10. The maximum atomic E-state index is 13.2. The molecule has 1 unspecified atom stereocenters. The monoisotopic (exact) mass is 329 g/mol. The van der Waals surface area contributed by atoms with Gasteiger partial charge in [-0.15, -0.1) is 11.3 Å². The first-order valence-electron chi connectivity index (χ1n) is 5.78. The number of halogens is 2. The fraction of sp³-hybridized carbons (Fsp3) is 0.154. The summed E-state index contributed by atoms with van der Waals surface area (Å²) in [6, 6.07) is 5.93. The minimum Gasteiger partial charge on any atom is -0.475 e. The second-order valence-electron chi connectivity index (χ2n) is 4.10. The molecule has 0 saturated heterocycles. The third-order valence-electron chi connectivity index (χ3n) is 2.61. The van der Waals surface area contributed by atoms with Crippen LogP contribution in [0.3, 0.4) is 0 Å². The Hall–Kier alpha value is -1.99. The second-order valence-corrected chi connectivity index (χ2v) is 5.81. The summed E-state index contributed by atoms with van der Waals surface area (Å²) in [6.45, 7) is 1.44. The van der Waals surface area contributed by atoms with E-state index < -0.39 is 22.5 Å². The number of nitro groups is 1. The Morgan fingerprint density at radius 3 is 2.71 bits per heavy atom. The summed E-state index contributed by atoms with van der Waals surface area (Å²) in [5.74, 6) is -1.36. The molecule has 0 amide bonds. The molecule has 0 spiro atoms. The van der Waals surface area contributed by atoms with Gasteiger partial charge in [-0.3, -0.25) is 14.9 Å². The summed E-state index contributed by atoms with van der Waals surface area (Å²) in [6.07, 6.45) is -1.000. The Morgan fingerprint density at radius 1 is 1.43 bits per heavy atom. The number of nitro benzene ring substituents is 1. The number of carbonyl (C=O) groups is 1. The minimum absolute atomic E-state index is 0.288. The highest BCUT2D eigenvalue weighted by Gasteiger charge is 2.23. The highest BCUT2D eigenvalue weighted by atomic mass is 35.5. The van der Waals surface area contributed by atoms with Crippen LogP contribution in [0.4, 0.5) is 10.1 Å². The van der Waals surface area contributed by atoms with Crippen molar-refractivity contribution in [1.82, 2.24) is 0 Å². The van der Waals surface area contributed by atoms with Crippen molar-refractivity contribution < 1.29 is 18.8 Å². The molecule has 0 aliphatic rings. The molecular weight excluding hydrogens is 321 g/mol. The number of benzene rings is 1. The quantitative estimate of drug-likeness (QED) is 0.470. The van der Waals surface area contributed by atoms with Crippen LogP contribution < -0.4 is 4.74 Å². The van der Waals surface area contributed by atoms with E-state index in [1.54, 1.807) is 6.07 Å². The zero-order chi connectivity index (χ0) is 15.6. The summed E-state index contributed by atoms with van der Waals surface area (Å²) >= 11 is 6.82. The number of thiophene rings is 1. The molecule has 1 atom stereocenters. The zero-order valence-electron chi connectivity index (χ0n) is 10.7. The van der Waals surface area contributed by atoms with Gasteiger partial charge in [-0.05, 0) is 25.1 Å². The van der Waals surface area contributed by atoms with Gasteiger partial charge in [0.15, 0.2) is 6.10 Å². The Bertz CT molecular complexity index is 703. The van der Waals surface area contributed by atoms with E-state index in [0.717, 1.165) is 29.5 Å². The van der Waals surface area contributed by atoms with Gasteiger partial charge in [-0.1, -0.05) is 11.6 Å². The molecule has 0 bridgehead atoms. The number of carbonyl (C=O) groups excluding carboxylic acids is 1. The molecule has 0 fully saturated rings. The SMILES string of the molecule is CC(Oc1cc(F)ccc1[N+](=O)[O-])C(=O)c1ccc(Cl)s1. The lowest BCUT2D eigenvalue weighted by Crippen LogP contribution is -2.23. The maximum absolute atomic E-state index is 13.2. The van der Waals surface area contributed by atoms with E-state index in [-0.39, 0.29) is 11.5 Å². The van der Waals surface area contributed by atoms with Crippen molar-refractivity contribution >= 4 is 34.4 Å². The van der Waals surface area contributed by atoms with Crippen molar-refractivity contribution in [1.29, 1.82) is 0 Å². The highest BCUT2D eigenvalue weighted by molar-refractivity contribution is 7.18. The summed E-state index contributed by atoms with van der Waals surface area (Å²) in [5.41, 5.74) is -0.403. The molecule has 0 saturated carbocycles. The van der Waals surface area contributed by atoms with E-state index >= 15 is 0 Å². The van der Waals surface area contributed by atoms with Gasteiger partial charge in [0.05, 0.1) is 14.1 Å². The molecule has 1 aromatic carbocycles. The zero-order valence-corrected chi connectivity index (χ0v) is 12.3. The molecule has 0 radical (unpaired) electrons. The molecule has 8 heteroatoms. The van der Waals surface area contributed by atoms with Crippen molar-refractivity contribution in [2.75, 3.05) is 0 Å².